The highest BCUT2D eigenvalue weighted by molar-refractivity contribution is 6.11. The molecule has 1 atom stereocenters. The minimum atomic E-state index is -0.337. The molecule has 0 bridgehead atoms. The number of hydrogen-bond donors (Lipinski definition) is 1. The Morgan fingerprint density at radius 3 is 2.92 bits per heavy atom. The van der Waals surface area contributed by atoms with E-state index in [0.29, 0.717) is 30.2 Å². The van der Waals surface area contributed by atoms with E-state index in [9.17, 15) is 9.59 Å². The van der Waals surface area contributed by atoms with Crippen LogP contribution in [-0.2, 0) is 11.8 Å². The van der Waals surface area contributed by atoms with Gasteiger partial charge in [-0.2, -0.15) is 0 Å². The lowest BCUT2D eigenvalue weighted by molar-refractivity contribution is 0.103. The number of benzene rings is 1. The Labute approximate surface area is 143 Å². The van der Waals surface area contributed by atoms with E-state index in [2.05, 4.69) is 10.1 Å². The average Bonchev–Trinajstić information content (AvgIpc) is 3.39. The fourth-order valence-corrected chi connectivity index (χ4v) is 2.83. The second-order valence-corrected chi connectivity index (χ2v) is 6.11. The number of nitrogens with zero attached hydrogens (tertiary/aromatic N) is 2. The van der Waals surface area contributed by atoms with E-state index < -0.39 is 0 Å². The highest BCUT2D eigenvalue weighted by Gasteiger charge is 2.24. The molecule has 25 heavy (non-hydrogen) atoms. The fourth-order valence-electron chi connectivity index (χ4n) is 2.83. The molecule has 1 unspecified atom stereocenters. The van der Waals surface area contributed by atoms with Crippen LogP contribution in [0.1, 0.15) is 21.6 Å². The van der Waals surface area contributed by atoms with Gasteiger partial charge in [0.2, 0.25) is 0 Å². The van der Waals surface area contributed by atoms with Crippen molar-refractivity contribution in [3.63, 3.8) is 0 Å². The predicted molar refractivity (Wildman–Crippen MR) is 91.2 cm³/mol. The van der Waals surface area contributed by atoms with E-state index in [1.807, 2.05) is 0 Å². The summed E-state index contributed by atoms with van der Waals surface area (Å²) in [6.07, 6.45) is 1.80. The predicted octanol–water partition coefficient (Wildman–Crippen LogP) is 1.58. The van der Waals surface area contributed by atoms with E-state index in [4.69, 9.17) is 9.47 Å². The number of epoxide rings is 1. The summed E-state index contributed by atoms with van der Waals surface area (Å²) in [4.78, 5) is 29.3. The van der Waals surface area contributed by atoms with Crippen molar-refractivity contribution < 1.29 is 14.3 Å². The van der Waals surface area contributed by atoms with Gasteiger partial charge in [0.15, 0.2) is 5.78 Å². The maximum atomic E-state index is 12.8. The lowest BCUT2D eigenvalue weighted by atomic mass is 10.0. The zero-order valence-electron chi connectivity index (χ0n) is 13.9. The van der Waals surface area contributed by atoms with Crippen LogP contribution in [-0.4, -0.2) is 39.9 Å². The summed E-state index contributed by atoms with van der Waals surface area (Å²) in [5.41, 5.74) is 1.51. The van der Waals surface area contributed by atoms with Crippen LogP contribution in [0, 0.1) is 6.92 Å². The molecule has 0 radical (unpaired) electrons. The van der Waals surface area contributed by atoms with Gasteiger partial charge in [-0.05, 0) is 31.2 Å². The van der Waals surface area contributed by atoms with Crippen LogP contribution >= 0.6 is 0 Å². The summed E-state index contributed by atoms with van der Waals surface area (Å²) >= 11 is 0. The summed E-state index contributed by atoms with van der Waals surface area (Å²) in [7, 11) is 1.59. The maximum absolute atomic E-state index is 12.8. The monoisotopic (exact) mass is 339 g/mol. The average molecular weight is 339 g/mol. The van der Waals surface area contributed by atoms with Crippen molar-refractivity contribution in [1.82, 2.24) is 14.8 Å². The highest BCUT2D eigenvalue weighted by Crippen LogP contribution is 2.27. The third-order valence-electron chi connectivity index (χ3n) is 4.25. The van der Waals surface area contributed by atoms with Gasteiger partial charge in [-0.25, -0.2) is 0 Å². The molecule has 2 aromatic heterocycles. The molecular weight excluding hydrogens is 322 g/mol. The number of H-pyrrole nitrogens is 1. The van der Waals surface area contributed by atoms with Gasteiger partial charge in [-0.3, -0.25) is 24.4 Å². The quantitative estimate of drug-likeness (QED) is 0.563. The third kappa shape index (κ3) is 2.83. The Balaban J connectivity index is 1.75. The molecule has 1 aliphatic heterocycles. The number of ketones is 1. The van der Waals surface area contributed by atoms with Crippen molar-refractivity contribution in [2.24, 2.45) is 7.05 Å². The molecule has 0 spiro atoms. The standard InChI is InChI=1S/C18H17N3O4/c1-10-16(18(23)21(2)20-10)17(22)11-3-4-14-13(7-11)15(5-6-19-14)25-9-12-8-24-12/h3-7,12,20H,8-9H2,1-2H3. The third-order valence-corrected chi connectivity index (χ3v) is 4.25. The molecule has 3 aromatic rings. The van der Waals surface area contributed by atoms with E-state index >= 15 is 0 Å². The van der Waals surface area contributed by atoms with Crippen molar-refractivity contribution in [1.29, 1.82) is 0 Å². The van der Waals surface area contributed by atoms with E-state index in [-0.39, 0.29) is 23.0 Å². The molecule has 1 saturated heterocycles. The van der Waals surface area contributed by atoms with Gasteiger partial charge in [-0.1, -0.05) is 0 Å². The van der Waals surface area contributed by atoms with Gasteiger partial charge >= 0.3 is 0 Å². The van der Waals surface area contributed by atoms with Gasteiger partial charge in [-0.15, -0.1) is 0 Å². The molecule has 1 aromatic carbocycles. The number of carbonyl (C=O) groups is 1. The van der Waals surface area contributed by atoms with Crippen molar-refractivity contribution >= 4 is 16.7 Å². The molecule has 128 valence electrons. The molecule has 0 aliphatic carbocycles. The second kappa shape index (κ2) is 5.86. The van der Waals surface area contributed by atoms with Crippen LogP contribution in [0.4, 0.5) is 0 Å². The second-order valence-electron chi connectivity index (χ2n) is 6.11. The molecule has 1 aliphatic rings. The Bertz CT molecular complexity index is 1030. The number of fused-ring (bicyclic) bond motifs is 1. The maximum Gasteiger partial charge on any atom is 0.277 e. The van der Waals surface area contributed by atoms with Crippen LogP contribution < -0.4 is 10.3 Å². The minimum absolute atomic E-state index is 0.138. The summed E-state index contributed by atoms with van der Waals surface area (Å²) in [5.74, 6) is 0.329. The molecule has 4 rings (SSSR count). The molecule has 1 fully saturated rings. The lowest BCUT2D eigenvalue weighted by Crippen LogP contribution is -2.19. The molecule has 0 saturated carbocycles. The van der Waals surface area contributed by atoms with Gasteiger partial charge in [0, 0.05) is 29.9 Å². The number of rotatable bonds is 5. The molecule has 0 amide bonds. The Morgan fingerprint density at radius 2 is 2.24 bits per heavy atom. The number of nitrogens with one attached hydrogen (secondary N) is 1. The first-order valence-electron chi connectivity index (χ1n) is 7.98. The SMILES string of the molecule is Cc1[nH]n(C)c(=O)c1C(=O)c1ccc2nccc(OCC3CO3)c2c1. The van der Waals surface area contributed by atoms with Gasteiger partial charge in [0.05, 0.1) is 12.1 Å². The van der Waals surface area contributed by atoms with E-state index in [0.717, 1.165) is 10.9 Å². The lowest BCUT2D eigenvalue weighted by Gasteiger charge is -2.09. The number of ether oxygens (including phenoxy) is 2. The van der Waals surface area contributed by atoms with Crippen molar-refractivity contribution in [3.8, 4) is 5.75 Å². The molecule has 7 nitrogen and oxygen atoms in total. The number of aryl methyl sites for hydroxylation is 2. The minimum Gasteiger partial charge on any atom is -0.490 e. The van der Waals surface area contributed by atoms with Crippen LogP contribution in [0.25, 0.3) is 10.9 Å². The van der Waals surface area contributed by atoms with E-state index in [1.165, 1.54) is 4.68 Å². The Morgan fingerprint density at radius 1 is 1.44 bits per heavy atom. The normalized spacial score (nSPS) is 16.2. The van der Waals surface area contributed by atoms with Gasteiger partial charge < -0.3 is 9.47 Å². The Kier molecular flexibility index (Phi) is 3.65. The smallest absolute Gasteiger partial charge is 0.277 e. The zero-order valence-corrected chi connectivity index (χ0v) is 13.9. The first kappa shape index (κ1) is 15.6. The molecule has 7 heteroatoms. The Hall–Kier alpha value is -2.93. The van der Waals surface area contributed by atoms with Crippen LogP contribution in [0.3, 0.4) is 0 Å². The topological polar surface area (TPSA) is 89.5 Å². The van der Waals surface area contributed by atoms with Crippen molar-refractivity contribution in [2.45, 2.75) is 13.0 Å². The zero-order chi connectivity index (χ0) is 17.6. The number of aromatic amines is 1. The van der Waals surface area contributed by atoms with Crippen molar-refractivity contribution in [3.05, 3.63) is 57.6 Å². The number of pyridine rings is 1. The van der Waals surface area contributed by atoms with Crippen LogP contribution in [0.15, 0.2) is 35.3 Å². The van der Waals surface area contributed by atoms with Crippen LogP contribution in [0.5, 0.6) is 5.75 Å². The van der Waals surface area contributed by atoms with Crippen molar-refractivity contribution in [2.75, 3.05) is 13.2 Å². The molecule has 3 heterocycles. The first-order valence-corrected chi connectivity index (χ1v) is 7.98. The van der Waals surface area contributed by atoms with E-state index in [1.54, 1.807) is 44.4 Å². The highest BCUT2D eigenvalue weighted by atomic mass is 16.6. The molecule has 1 N–H and O–H groups in total. The number of aromatic nitrogens is 3. The summed E-state index contributed by atoms with van der Waals surface area (Å²) in [6.45, 7) is 2.89. The first-order chi connectivity index (χ1) is 12.0. The summed E-state index contributed by atoms with van der Waals surface area (Å²) in [5, 5.41) is 3.58. The van der Waals surface area contributed by atoms with Crippen LogP contribution in [0.2, 0.25) is 0 Å². The summed E-state index contributed by atoms with van der Waals surface area (Å²) < 4.78 is 12.2. The number of carbonyl (C=O) groups excluding carboxylic acids is 1. The molecular formula is C18H17N3O4. The van der Waals surface area contributed by atoms with Gasteiger partial charge in [0.1, 0.15) is 24.0 Å². The summed E-state index contributed by atoms with van der Waals surface area (Å²) in [6, 6.07) is 6.92. The number of hydrogen-bond acceptors (Lipinski definition) is 5. The largest absolute Gasteiger partial charge is 0.490 e. The van der Waals surface area contributed by atoms with Gasteiger partial charge in [0.25, 0.3) is 5.56 Å². The fraction of sp³-hybridized carbons (Fsp3) is 0.278.